The summed E-state index contributed by atoms with van der Waals surface area (Å²) in [5.74, 6) is -0.0979. The Morgan fingerprint density at radius 1 is 0.931 bits per heavy atom. The predicted molar refractivity (Wildman–Crippen MR) is 112 cm³/mol. The van der Waals surface area contributed by atoms with E-state index in [1.54, 1.807) is 50.8 Å². The molecule has 0 aliphatic rings. The Labute approximate surface area is 170 Å². The molecule has 0 aliphatic heterocycles. The molecule has 0 bridgehead atoms. The van der Waals surface area contributed by atoms with Crippen LogP contribution >= 0.6 is 0 Å². The number of carbonyl (C=O) groups excluding carboxylic acids is 2. The second-order valence-corrected chi connectivity index (χ2v) is 6.76. The first-order valence-corrected chi connectivity index (χ1v) is 9.24. The number of aromatic nitrogens is 1. The monoisotopic (exact) mass is 389 g/mol. The molecule has 6 nitrogen and oxygen atoms in total. The Morgan fingerprint density at radius 2 is 1.59 bits per heavy atom. The second kappa shape index (κ2) is 9.50. The summed E-state index contributed by atoms with van der Waals surface area (Å²) < 4.78 is 5.55. The Hall–Kier alpha value is -3.67. The molecule has 0 atom stereocenters. The lowest BCUT2D eigenvalue weighted by molar-refractivity contribution is -0.130. The number of carbonyl (C=O) groups is 2. The van der Waals surface area contributed by atoms with Crippen LogP contribution in [-0.4, -0.2) is 42.4 Å². The van der Waals surface area contributed by atoms with Gasteiger partial charge in [-0.05, 0) is 53.9 Å². The van der Waals surface area contributed by atoms with Gasteiger partial charge in [0.2, 0.25) is 0 Å². The minimum absolute atomic E-state index is 0.124. The van der Waals surface area contributed by atoms with Gasteiger partial charge in [0.05, 0.1) is 5.56 Å². The van der Waals surface area contributed by atoms with Gasteiger partial charge in [-0.2, -0.15) is 0 Å². The van der Waals surface area contributed by atoms with Crippen LogP contribution in [0.5, 0.6) is 5.75 Å². The predicted octanol–water partition coefficient (Wildman–Crippen LogP) is 3.39. The number of ether oxygens (including phenoxy) is 1. The summed E-state index contributed by atoms with van der Waals surface area (Å²) in [5, 5.41) is 2.88. The fraction of sp³-hybridized carbons (Fsp3) is 0.174. The molecule has 2 amide bonds. The van der Waals surface area contributed by atoms with Crippen LogP contribution in [0.25, 0.3) is 0 Å². The van der Waals surface area contributed by atoms with Gasteiger partial charge in [-0.1, -0.05) is 24.3 Å². The van der Waals surface area contributed by atoms with Gasteiger partial charge in [-0.25, -0.2) is 0 Å². The van der Waals surface area contributed by atoms with E-state index < -0.39 is 0 Å². The molecule has 0 spiro atoms. The third-order valence-electron chi connectivity index (χ3n) is 4.35. The Bertz CT molecular complexity index is 970. The van der Waals surface area contributed by atoms with Crippen molar-refractivity contribution in [2.24, 2.45) is 0 Å². The van der Waals surface area contributed by atoms with E-state index in [1.165, 1.54) is 10.5 Å². The van der Waals surface area contributed by atoms with E-state index in [4.69, 9.17) is 4.74 Å². The lowest BCUT2D eigenvalue weighted by Gasteiger charge is -2.14. The van der Waals surface area contributed by atoms with Crippen LogP contribution in [0.4, 0.5) is 5.69 Å². The highest BCUT2D eigenvalue weighted by Gasteiger charge is 2.14. The van der Waals surface area contributed by atoms with Gasteiger partial charge < -0.3 is 15.0 Å². The summed E-state index contributed by atoms with van der Waals surface area (Å²) in [6.45, 7) is -0.124. The van der Waals surface area contributed by atoms with Crippen molar-refractivity contribution in [3.05, 3.63) is 89.7 Å². The van der Waals surface area contributed by atoms with E-state index in [2.05, 4.69) is 10.3 Å². The first-order chi connectivity index (χ1) is 14.0. The number of pyridine rings is 1. The van der Waals surface area contributed by atoms with Crippen molar-refractivity contribution < 1.29 is 14.3 Å². The zero-order valence-corrected chi connectivity index (χ0v) is 16.5. The van der Waals surface area contributed by atoms with Crippen molar-refractivity contribution in [2.75, 3.05) is 26.0 Å². The summed E-state index contributed by atoms with van der Waals surface area (Å²) in [4.78, 5) is 29.9. The highest BCUT2D eigenvalue weighted by molar-refractivity contribution is 6.06. The molecule has 29 heavy (non-hydrogen) atoms. The van der Waals surface area contributed by atoms with Crippen molar-refractivity contribution in [1.82, 2.24) is 9.88 Å². The molecule has 148 valence electrons. The largest absolute Gasteiger partial charge is 0.483 e. The number of benzene rings is 2. The Balaban J connectivity index is 1.65. The fourth-order valence-electron chi connectivity index (χ4n) is 2.69. The van der Waals surface area contributed by atoms with Gasteiger partial charge in [0.1, 0.15) is 5.75 Å². The maximum Gasteiger partial charge on any atom is 0.259 e. The lowest BCUT2D eigenvalue weighted by atomic mass is 10.1. The molecule has 0 unspecified atom stereocenters. The Morgan fingerprint density at radius 3 is 2.28 bits per heavy atom. The molecule has 2 aromatic carbocycles. The highest BCUT2D eigenvalue weighted by Crippen LogP contribution is 2.20. The van der Waals surface area contributed by atoms with E-state index in [-0.39, 0.29) is 18.4 Å². The molecule has 0 saturated heterocycles. The number of likely N-dealkylation sites (N-methyl/N-ethyl adjacent to an activating group) is 1. The summed E-state index contributed by atoms with van der Waals surface area (Å²) in [7, 11) is 3.31. The minimum atomic E-state index is -0.292. The maximum atomic E-state index is 12.7. The lowest BCUT2D eigenvalue weighted by Crippen LogP contribution is -2.28. The molecule has 0 fully saturated rings. The van der Waals surface area contributed by atoms with Crippen LogP contribution in [0.3, 0.4) is 0 Å². The molecule has 1 aromatic heterocycles. The first-order valence-electron chi connectivity index (χ1n) is 9.24. The summed E-state index contributed by atoms with van der Waals surface area (Å²) >= 11 is 0. The topological polar surface area (TPSA) is 71.5 Å². The number of nitrogens with zero attached hydrogens (tertiary/aromatic N) is 2. The number of rotatable bonds is 7. The molecule has 0 saturated carbocycles. The quantitative estimate of drug-likeness (QED) is 0.672. The van der Waals surface area contributed by atoms with E-state index in [0.717, 1.165) is 12.0 Å². The van der Waals surface area contributed by atoms with E-state index in [0.29, 0.717) is 17.0 Å². The van der Waals surface area contributed by atoms with Gasteiger partial charge in [-0.15, -0.1) is 0 Å². The van der Waals surface area contributed by atoms with Crippen molar-refractivity contribution in [1.29, 1.82) is 0 Å². The molecule has 6 heteroatoms. The SMILES string of the molecule is CN(C)C(=O)COc1ccccc1C(=O)Nc1ccc(Cc2ccncc2)cc1. The number of para-hydroxylation sites is 1. The van der Waals surface area contributed by atoms with Crippen molar-refractivity contribution in [3.63, 3.8) is 0 Å². The molecule has 1 N–H and O–H groups in total. The van der Waals surface area contributed by atoms with Gasteiger partial charge in [0.25, 0.3) is 11.8 Å². The van der Waals surface area contributed by atoms with Crippen LogP contribution in [0.2, 0.25) is 0 Å². The standard InChI is InChI=1S/C23H23N3O3/c1-26(2)22(27)16-29-21-6-4-3-5-20(21)23(28)25-19-9-7-17(8-10-19)15-18-11-13-24-14-12-18/h3-14H,15-16H2,1-2H3,(H,25,28). The minimum Gasteiger partial charge on any atom is -0.483 e. The van der Waals surface area contributed by atoms with Crippen LogP contribution < -0.4 is 10.1 Å². The van der Waals surface area contributed by atoms with Crippen LogP contribution in [0.1, 0.15) is 21.5 Å². The summed E-state index contributed by atoms with van der Waals surface area (Å²) in [6.07, 6.45) is 4.35. The summed E-state index contributed by atoms with van der Waals surface area (Å²) in [6, 6.07) is 18.5. The van der Waals surface area contributed by atoms with Gasteiger partial charge >= 0.3 is 0 Å². The number of hydrogen-bond donors (Lipinski definition) is 1. The summed E-state index contributed by atoms with van der Waals surface area (Å²) in [5.41, 5.74) is 3.38. The number of nitrogens with one attached hydrogen (secondary N) is 1. The third-order valence-corrected chi connectivity index (χ3v) is 4.35. The fourth-order valence-corrected chi connectivity index (χ4v) is 2.69. The van der Waals surface area contributed by atoms with Crippen LogP contribution in [-0.2, 0) is 11.2 Å². The van der Waals surface area contributed by atoms with Gasteiger partial charge in [-0.3, -0.25) is 14.6 Å². The van der Waals surface area contributed by atoms with Crippen molar-refractivity contribution in [2.45, 2.75) is 6.42 Å². The average molecular weight is 389 g/mol. The van der Waals surface area contributed by atoms with E-state index in [9.17, 15) is 9.59 Å². The molecule has 0 aliphatic carbocycles. The maximum absolute atomic E-state index is 12.7. The number of hydrogen-bond acceptors (Lipinski definition) is 4. The highest BCUT2D eigenvalue weighted by atomic mass is 16.5. The molecule has 3 aromatic rings. The van der Waals surface area contributed by atoms with Crippen molar-refractivity contribution >= 4 is 17.5 Å². The molecule has 1 heterocycles. The smallest absolute Gasteiger partial charge is 0.259 e. The zero-order chi connectivity index (χ0) is 20.6. The molecule has 3 rings (SSSR count). The van der Waals surface area contributed by atoms with Gasteiger partial charge in [0, 0.05) is 32.2 Å². The zero-order valence-electron chi connectivity index (χ0n) is 16.5. The number of amides is 2. The average Bonchev–Trinajstić information content (AvgIpc) is 2.74. The molecular formula is C23H23N3O3. The molecular weight excluding hydrogens is 366 g/mol. The molecule has 0 radical (unpaired) electrons. The van der Waals surface area contributed by atoms with Crippen molar-refractivity contribution in [3.8, 4) is 5.75 Å². The van der Waals surface area contributed by atoms with Gasteiger partial charge in [0.15, 0.2) is 6.61 Å². The second-order valence-electron chi connectivity index (χ2n) is 6.76. The van der Waals surface area contributed by atoms with E-state index in [1.807, 2.05) is 36.4 Å². The van der Waals surface area contributed by atoms with Crippen LogP contribution in [0.15, 0.2) is 73.1 Å². The normalized spacial score (nSPS) is 10.3. The van der Waals surface area contributed by atoms with E-state index >= 15 is 0 Å². The van der Waals surface area contributed by atoms with Crippen LogP contribution in [0, 0.1) is 0 Å². The first kappa shape index (κ1) is 20.1. The third kappa shape index (κ3) is 5.65. The Kier molecular flexibility index (Phi) is 6.58. The number of anilines is 1.